The van der Waals surface area contributed by atoms with Crippen LogP contribution in [0.25, 0.3) is 0 Å². The van der Waals surface area contributed by atoms with Crippen molar-refractivity contribution < 1.29 is 0 Å². The average molecular weight is 235 g/mol. The van der Waals surface area contributed by atoms with E-state index in [1.807, 2.05) is 6.07 Å². The Balaban J connectivity index is 1.96. The lowest BCUT2D eigenvalue weighted by Gasteiger charge is -2.36. The SMILES string of the molecule is CCN1CCC(N(C)c2ccc(N)nn2)CC1. The number of piperidine rings is 1. The summed E-state index contributed by atoms with van der Waals surface area (Å²) in [5, 5.41) is 8.03. The summed E-state index contributed by atoms with van der Waals surface area (Å²) in [6, 6.07) is 4.31. The number of hydrogen-bond donors (Lipinski definition) is 1. The first kappa shape index (κ1) is 12.1. The van der Waals surface area contributed by atoms with Gasteiger partial charge in [0, 0.05) is 26.2 Å². The average Bonchev–Trinajstić information content (AvgIpc) is 2.39. The van der Waals surface area contributed by atoms with Gasteiger partial charge in [0.1, 0.15) is 5.82 Å². The molecule has 5 heteroatoms. The molecular formula is C12H21N5. The Morgan fingerprint density at radius 2 is 2.06 bits per heavy atom. The van der Waals surface area contributed by atoms with Gasteiger partial charge in [-0.3, -0.25) is 0 Å². The predicted octanol–water partition coefficient (Wildman–Crippen LogP) is 0.979. The van der Waals surface area contributed by atoms with Crippen LogP contribution in [0.2, 0.25) is 0 Å². The summed E-state index contributed by atoms with van der Waals surface area (Å²) in [7, 11) is 2.09. The van der Waals surface area contributed by atoms with E-state index in [0.717, 1.165) is 12.4 Å². The van der Waals surface area contributed by atoms with Gasteiger partial charge in [0.15, 0.2) is 5.82 Å². The van der Waals surface area contributed by atoms with Crippen LogP contribution in [-0.2, 0) is 0 Å². The summed E-state index contributed by atoms with van der Waals surface area (Å²) in [5.74, 6) is 1.39. The molecule has 0 spiro atoms. The van der Waals surface area contributed by atoms with Crippen LogP contribution in [0.4, 0.5) is 11.6 Å². The Kier molecular flexibility index (Phi) is 3.78. The molecule has 0 radical (unpaired) electrons. The van der Waals surface area contributed by atoms with Gasteiger partial charge in [-0.05, 0) is 31.5 Å². The summed E-state index contributed by atoms with van der Waals surface area (Å²) in [5.41, 5.74) is 5.54. The maximum atomic E-state index is 5.54. The quantitative estimate of drug-likeness (QED) is 0.846. The number of rotatable bonds is 3. The van der Waals surface area contributed by atoms with Crippen molar-refractivity contribution in [3.63, 3.8) is 0 Å². The molecule has 2 heterocycles. The lowest BCUT2D eigenvalue weighted by atomic mass is 10.0. The van der Waals surface area contributed by atoms with Crippen molar-refractivity contribution in [3.8, 4) is 0 Å². The van der Waals surface area contributed by atoms with Crippen molar-refractivity contribution in [3.05, 3.63) is 12.1 Å². The molecule has 1 fully saturated rings. The molecule has 1 aliphatic rings. The fourth-order valence-electron chi connectivity index (χ4n) is 2.33. The highest BCUT2D eigenvalue weighted by atomic mass is 15.3. The molecule has 0 saturated carbocycles. The van der Waals surface area contributed by atoms with Crippen LogP contribution in [0.3, 0.4) is 0 Å². The highest BCUT2D eigenvalue weighted by molar-refractivity contribution is 5.41. The second kappa shape index (κ2) is 5.31. The van der Waals surface area contributed by atoms with Crippen molar-refractivity contribution in [1.29, 1.82) is 0 Å². The third kappa shape index (κ3) is 2.85. The molecule has 1 saturated heterocycles. The zero-order chi connectivity index (χ0) is 12.3. The Bertz CT molecular complexity index is 342. The maximum Gasteiger partial charge on any atom is 0.151 e. The summed E-state index contributed by atoms with van der Waals surface area (Å²) in [4.78, 5) is 4.71. The molecule has 17 heavy (non-hydrogen) atoms. The van der Waals surface area contributed by atoms with Crippen LogP contribution < -0.4 is 10.6 Å². The monoisotopic (exact) mass is 235 g/mol. The van der Waals surface area contributed by atoms with Crippen molar-refractivity contribution in [2.45, 2.75) is 25.8 Å². The van der Waals surface area contributed by atoms with Gasteiger partial charge < -0.3 is 15.5 Å². The topological polar surface area (TPSA) is 58.3 Å². The minimum absolute atomic E-state index is 0.475. The number of nitrogens with two attached hydrogens (primary N) is 1. The maximum absolute atomic E-state index is 5.54. The molecule has 0 bridgehead atoms. The number of hydrogen-bond acceptors (Lipinski definition) is 5. The van der Waals surface area contributed by atoms with Crippen molar-refractivity contribution in [2.75, 3.05) is 37.3 Å². The van der Waals surface area contributed by atoms with Gasteiger partial charge in [0.25, 0.3) is 0 Å². The van der Waals surface area contributed by atoms with Gasteiger partial charge in [-0.15, -0.1) is 10.2 Å². The molecule has 1 aromatic heterocycles. The molecule has 0 amide bonds. The van der Waals surface area contributed by atoms with Gasteiger partial charge in [-0.1, -0.05) is 6.92 Å². The molecule has 2 rings (SSSR count). The first-order valence-corrected chi connectivity index (χ1v) is 6.25. The van der Waals surface area contributed by atoms with E-state index < -0.39 is 0 Å². The van der Waals surface area contributed by atoms with E-state index in [1.54, 1.807) is 6.07 Å². The van der Waals surface area contributed by atoms with Gasteiger partial charge in [-0.2, -0.15) is 0 Å². The highest BCUT2D eigenvalue weighted by Crippen LogP contribution is 2.19. The molecule has 0 aromatic carbocycles. The van der Waals surface area contributed by atoms with E-state index >= 15 is 0 Å². The molecule has 5 nitrogen and oxygen atoms in total. The van der Waals surface area contributed by atoms with Gasteiger partial charge >= 0.3 is 0 Å². The van der Waals surface area contributed by atoms with Gasteiger partial charge in [0.05, 0.1) is 0 Å². The summed E-state index contributed by atoms with van der Waals surface area (Å²) < 4.78 is 0. The molecule has 94 valence electrons. The molecule has 0 unspecified atom stereocenters. The fourth-order valence-corrected chi connectivity index (χ4v) is 2.33. The van der Waals surface area contributed by atoms with Gasteiger partial charge in [0.2, 0.25) is 0 Å². The lowest BCUT2D eigenvalue weighted by Crippen LogP contribution is -2.43. The third-order valence-corrected chi connectivity index (χ3v) is 3.58. The first-order valence-electron chi connectivity index (χ1n) is 6.25. The first-order chi connectivity index (χ1) is 8.20. The highest BCUT2D eigenvalue weighted by Gasteiger charge is 2.22. The van der Waals surface area contributed by atoms with Crippen LogP contribution in [0, 0.1) is 0 Å². The minimum atomic E-state index is 0.475. The summed E-state index contributed by atoms with van der Waals surface area (Å²) in [6.07, 6.45) is 2.38. The molecule has 0 aliphatic carbocycles. The smallest absolute Gasteiger partial charge is 0.151 e. The Morgan fingerprint density at radius 3 is 2.59 bits per heavy atom. The molecule has 0 atom stereocenters. The van der Waals surface area contributed by atoms with Crippen LogP contribution >= 0.6 is 0 Å². The van der Waals surface area contributed by atoms with E-state index in [4.69, 9.17) is 5.73 Å². The summed E-state index contributed by atoms with van der Waals surface area (Å²) >= 11 is 0. The van der Waals surface area contributed by atoms with Crippen molar-refractivity contribution in [2.24, 2.45) is 0 Å². The lowest BCUT2D eigenvalue weighted by molar-refractivity contribution is 0.220. The van der Waals surface area contributed by atoms with Gasteiger partial charge in [-0.25, -0.2) is 0 Å². The minimum Gasteiger partial charge on any atom is -0.382 e. The number of nitrogen functional groups attached to an aromatic ring is 1. The number of likely N-dealkylation sites (tertiary alicyclic amines) is 1. The van der Waals surface area contributed by atoms with Crippen LogP contribution in [0.1, 0.15) is 19.8 Å². The Labute approximate surface area is 103 Å². The van der Waals surface area contributed by atoms with Crippen LogP contribution in [-0.4, -0.2) is 47.8 Å². The third-order valence-electron chi connectivity index (χ3n) is 3.58. The standard InChI is InChI=1S/C12H21N5/c1-3-17-8-6-10(7-9-17)16(2)12-5-4-11(13)14-15-12/h4-5,10H,3,6-9H2,1-2H3,(H2,13,14). The van der Waals surface area contributed by atoms with E-state index in [2.05, 4.69) is 34.0 Å². The summed E-state index contributed by atoms with van der Waals surface area (Å²) in [6.45, 7) is 5.72. The Hall–Kier alpha value is -1.36. The van der Waals surface area contributed by atoms with Crippen LogP contribution in [0.5, 0.6) is 0 Å². The number of aromatic nitrogens is 2. The van der Waals surface area contributed by atoms with E-state index in [-0.39, 0.29) is 0 Å². The molecule has 2 N–H and O–H groups in total. The van der Waals surface area contributed by atoms with Crippen LogP contribution in [0.15, 0.2) is 12.1 Å². The molecular weight excluding hydrogens is 214 g/mol. The molecule has 1 aromatic rings. The van der Waals surface area contributed by atoms with E-state index in [1.165, 1.54) is 25.9 Å². The van der Waals surface area contributed by atoms with E-state index in [9.17, 15) is 0 Å². The normalized spacial score (nSPS) is 18.2. The second-order valence-electron chi connectivity index (χ2n) is 4.59. The van der Waals surface area contributed by atoms with Crippen molar-refractivity contribution >= 4 is 11.6 Å². The largest absolute Gasteiger partial charge is 0.382 e. The van der Waals surface area contributed by atoms with E-state index in [0.29, 0.717) is 11.9 Å². The predicted molar refractivity (Wildman–Crippen MR) is 70.0 cm³/mol. The fraction of sp³-hybridized carbons (Fsp3) is 0.667. The number of nitrogens with zero attached hydrogens (tertiary/aromatic N) is 4. The zero-order valence-corrected chi connectivity index (χ0v) is 10.6. The van der Waals surface area contributed by atoms with Crippen molar-refractivity contribution in [1.82, 2.24) is 15.1 Å². The zero-order valence-electron chi connectivity index (χ0n) is 10.6. The Morgan fingerprint density at radius 1 is 1.35 bits per heavy atom. The second-order valence-corrected chi connectivity index (χ2v) is 4.59. The number of anilines is 2. The molecule has 1 aliphatic heterocycles.